The molecule has 2 aromatic rings. The van der Waals surface area contributed by atoms with Crippen LogP contribution < -0.4 is 10.1 Å². The van der Waals surface area contributed by atoms with Crippen molar-refractivity contribution in [1.82, 2.24) is 15.1 Å². The minimum absolute atomic E-state index is 0.190. The molecular formula is C16H23N3OS. The fraction of sp³-hybridized carbons (Fsp3) is 0.438. The van der Waals surface area contributed by atoms with Crippen LogP contribution in [0.2, 0.25) is 0 Å². The number of ether oxygens (including phenoxy) is 1. The second-order valence-corrected chi connectivity index (χ2v) is 6.20. The predicted molar refractivity (Wildman–Crippen MR) is 88.1 cm³/mol. The van der Waals surface area contributed by atoms with Gasteiger partial charge in [0.25, 0.3) is 0 Å². The fourth-order valence-electron chi connectivity index (χ4n) is 2.25. The highest BCUT2D eigenvalue weighted by atomic mass is 32.2. The minimum Gasteiger partial charge on any atom is -0.493 e. The number of thioether (sulfide) groups is 1. The van der Waals surface area contributed by atoms with Crippen LogP contribution in [0.25, 0.3) is 0 Å². The highest BCUT2D eigenvalue weighted by Gasteiger charge is 2.22. The molecule has 114 valence electrons. The number of benzene rings is 1. The van der Waals surface area contributed by atoms with Crippen molar-refractivity contribution in [2.75, 3.05) is 19.9 Å². The number of aromatic nitrogens is 2. The largest absolute Gasteiger partial charge is 0.493 e. The molecule has 1 N–H and O–H groups in total. The summed E-state index contributed by atoms with van der Waals surface area (Å²) in [6.07, 6.45) is 1.80. The summed E-state index contributed by atoms with van der Waals surface area (Å²) in [5, 5.41) is 7.84. The second kappa shape index (κ2) is 7.52. The van der Waals surface area contributed by atoms with Crippen molar-refractivity contribution < 1.29 is 4.74 Å². The Kier molecular flexibility index (Phi) is 5.70. The summed E-state index contributed by atoms with van der Waals surface area (Å²) in [5.74, 6) is 1.77. The van der Waals surface area contributed by atoms with Gasteiger partial charge in [-0.15, -0.1) is 11.8 Å². The van der Waals surface area contributed by atoms with Gasteiger partial charge in [0.05, 0.1) is 25.0 Å². The van der Waals surface area contributed by atoms with Gasteiger partial charge in [-0.2, -0.15) is 5.10 Å². The summed E-state index contributed by atoms with van der Waals surface area (Å²) in [6, 6.07) is 10.9. The molecule has 0 aliphatic rings. The van der Waals surface area contributed by atoms with Gasteiger partial charge in [-0.1, -0.05) is 18.2 Å². The molecule has 0 aliphatic carbocycles. The number of nitrogens with zero attached hydrogens (tertiary/aromatic N) is 2. The van der Waals surface area contributed by atoms with Gasteiger partial charge in [0.1, 0.15) is 0 Å². The van der Waals surface area contributed by atoms with Gasteiger partial charge in [0, 0.05) is 16.7 Å². The first-order valence-corrected chi connectivity index (χ1v) is 8.12. The van der Waals surface area contributed by atoms with Crippen molar-refractivity contribution in [1.29, 1.82) is 0 Å². The third kappa shape index (κ3) is 3.80. The normalized spacial score (nSPS) is 12.6. The topological polar surface area (TPSA) is 39.1 Å². The molecule has 1 heterocycles. The van der Waals surface area contributed by atoms with Crippen LogP contribution in [0, 0.1) is 0 Å². The van der Waals surface area contributed by atoms with Gasteiger partial charge in [0.15, 0.2) is 5.75 Å². The molecule has 2 rings (SSSR count). The lowest BCUT2D eigenvalue weighted by Crippen LogP contribution is -2.24. The molecule has 0 aliphatic heterocycles. The molecule has 0 amide bonds. The molecule has 5 heteroatoms. The highest BCUT2D eigenvalue weighted by Crippen LogP contribution is 2.31. The molecule has 0 fully saturated rings. The molecule has 0 saturated heterocycles. The summed E-state index contributed by atoms with van der Waals surface area (Å²) in [7, 11) is 3.68. The Hall–Kier alpha value is -1.46. The fourth-order valence-corrected chi connectivity index (χ4v) is 3.28. The summed E-state index contributed by atoms with van der Waals surface area (Å²) in [4.78, 5) is 1.27. The molecule has 4 nitrogen and oxygen atoms in total. The van der Waals surface area contributed by atoms with E-state index in [9.17, 15) is 0 Å². The maximum absolute atomic E-state index is 5.48. The van der Waals surface area contributed by atoms with Crippen molar-refractivity contribution in [2.24, 2.45) is 0 Å². The molecule has 1 atom stereocenters. The first kappa shape index (κ1) is 15.9. The second-order valence-electron chi connectivity index (χ2n) is 5.10. The molecule has 0 bridgehead atoms. The third-order valence-electron chi connectivity index (χ3n) is 3.35. The van der Waals surface area contributed by atoms with Crippen molar-refractivity contribution in [2.45, 2.75) is 30.8 Å². The minimum atomic E-state index is 0.190. The lowest BCUT2D eigenvalue weighted by atomic mass is 10.2. The van der Waals surface area contributed by atoms with E-state index in [1.54, 1.807) is 13.3 Å². The zero-order valence-corrected chi connectivity index (χ0v) is 13.9. The lowest BCUT2D eigenvalue weighted by Gasteiger charge is -2.20. The number of hydrogen-bond acceptors (Lipinski definition) is 4. The Morgan fingerprint density at radius 3 is 2.57 bits per heavy atom. The van der Waals surface area contributed by atoms with Gasteiger partial charge < -0.3 is 10.1 Å². The van der Waals surface area contributed by atoms with Gasteiger partial charge in [-0.3, -0.25) is 4.68 Å². The predicted octanol–water partition coefficient (Wildman–Crippen LogP) is 3.53. The zero-order valence-electron chi connectivity index (χ0n) is 13.0. The lowest BCUT2D eigenvalue weighted by molar-refractivity contribution is 0.394. The van der Waals surface area contributed by atoms with Crippen LogP contribution in [0.1, 0.15) is 31.6 Å². The Bertz CT molecular complexity index is 554. The first-order chi connectivity index (χ1) is 10.2. The van der Waals surface area contributed by atoms with Crippen molar-refractivity contribution >= 4 is 11.8 Å². The zero-order chi connectivity index (χ0) is 15.2. The maximum Gasteiger partial charge on any atom is 0.161 e. The van der Waals surface area contributed by atoms with E-state index >= 15 is 0 Å². The Labute approximate surface area is 130 Å². The van der Waals surface area contributed by atoms with E-state index in [4.69, 9.17) is 4.74 Å². The highest BCUT2D eigenvalue weighted by molar-refractivity contribution is 7.99. The van der Waals surface area contributed by atoms with Gasteiger partial charge in [0.2, 0.25) is 0 Å². The van der Waals surface area contributed by atoms with Crippen LogP contribution in [0.15, 0.2) is 41.4 Å². The molecule has 0 saturated carbocycles. The molecule has 1 aromatic heterocycles. The van der Waals surface area contributed by atoms with Crippen molar-refractivity contribution in [3.05, 3.63) is 42.2 Å². The Balaban J connectivity index is 2.19. The molecule has 1 aromatic carbocycles. The molecule has 0 spiro atoms. The van der Waals surface area contributed by atoms with Gasteiger partial charge >= 0.3 is 0 Å². The van der Waals surface area contributed by atoms with Crippen LogP contribution in [-0.2, 0) is 0 Å². The maximum atomic E-state index is 5.48. The summed E-state index contributed by atoms with van der Waals surface area (Å²) in [6.45, 7) is 4.26. The average Bonchev–Trinajstić information content (AvgIpc) is 2.93. The summed E-state index contributed by atoms with van der Waals surface area (Å²) in [5.41, 5.74) is 1.11. The molecule has 21 heavy (non-hydrogen) atoms. The van der Waals surface area contributed by atoms with Crippen LogP contribution in [-0.4, -0.2) is 29.7 Å². The van der Waals surface area contributed by atoms with E-state index in [-0.39, 0.29) is 6.04 Å². The van der Waals surface area contributed by atoms with E-state index in [1.807, 2.05) is 29.6 Å². The van der Waals surface area contributed by atoms with Gasteiger partial charge in [-0.25, -0.2) is 0 Å². The van der Waals surface area contributed by atoms with Crippen LogP contribution in [0.5, 0.6) is 5.75 Å². The van der Waals surface area contributed by atoms with Crippen LogP contribution in [0.4, 0.5) is 0 Å². The Morgan fingerprint density at radius 2 is 2.00 bits per heavy atom. The number of rotatable bonds is 7. The third-order valence-corrected chi connectivity index (χ3v) is 4.45. The molecule has 1 unspecified atom stereocenters. The van der Waals surface area contributed by atoms with E-state index in [2.05, 4.69) is 48.5 Å². The summed E-state index contributed by atoms with van der Waals surface area (Å²) >= 11 is 1.83. The standard InChI is InChI=1S/C16H23N3OS/c1-12(2)19-16(15(20-4)10-18-19)14(17-3)11-21-13-8-6-5-7-9-13/h5-10,12,14,17H,11H2,1-4H3. The van der Waals surface area contributed by atoms with Gasteiger partial charge in [-0.05, 0) is 33.0 Å². The van der Waals surface area contributed by atoms with Crippen LogP contribution in [0.3, 0.4) is 0 Å². The van der Waals surface area contributed by atoms with Crippen LogP contribution >= 0.6 is 11.8 Å². The van der Waals surface area contributed by atoms with E-state index in [0.717, 1.165) is 17.2 Å². The quantitative estimate of drug-likeness (QED) is 0.794. The number of hydrogen-bond donors (Lipinski definition) is 1. The molecular weight excluding hydrogens is 282 g/mol. The summed E-state index contributed by atoms with van der Waals surface area (Å²) < 4.78 is 7.51. The Morgan fingerprint density at radius 1 is 1.29 bits per heavy atom. The van der Waals surface area contributed by atoms with Crippen molar-refractivity contribution in [3.8, 4) is 5.75 Å². The van der Waals surface area contributed by atoms with E-state index in [0.29, 0.717) is 6.04 Å². The number of methoxy groups -OCH3 is 1. The van der Waals surface area contributed by atoms with E-state index in [1.165, 1.54) is 4.90 Å². The SMILES string of the molecule is CNC(CSc1ccccc1)c1c(OC)cnn1C(C)C. The average molecular weight is 305 g/mol. The molecule has 0 radical (unpaired) electrons. The smallest absolute Gasteiger partial charge is 0.161 e. The van der Waals surface area contributed by atoms with E-state index < -0.39 is 0 Å². The number of nitrogens with one attached hydrogen (secondary N) is 1. The van der Waals surface area contributed by atoms with Crippen molar-refractivity contribution in [3.63, 3.8) is 0 Å². The monoisotopic (exact) mass is 305 g/mol. The first-order valence-electron chi connectivity index (χ1n) is 7.13.